The van der Waals surface area contributed by atoms with E-state index in [1.54, 1.807) is 0 Å². The van der Waals surface area contributed by atoms with Crippen LogP contribution in [-0.4, -0.2) is 9.55 Å². The highest BCUT2D eigenvalue weighted by Crippen LogP contribution is 2.07. The predicted octanol–water partition coefficient (Wildman–Crippen LogP) is 3.33. The zero-order chi connectivity index (χ0) is 10.4. The van der Waals surface area contributed by atoms with E-state index in [1.807, 2.05) is 0 Å². The highest BCUT2D eigenvalue weighted by molar-refractivity contribution is 5.01. The molecule has 0 aliphatic heterocycles. The van der Waals surface area contributed by atoms with Crippen molar-refractivity contribution in [3.8, 4) is 0 Å². The molecule has 0 N–H and O–H groups in total. The van der Waals surface area contributed by atoms with Gasteiger partial charge in [-0.1, -0.05) is 33.1 Å². The molecule has 0 aliphatic rings. The Bertz CT molecular complexity index is 263. The first kappa shape index (κ1) is 11.3. The topological polar surface area (TPSA) is 17.8 Å². The molecule has 0 aromatic carbocycles. The van der Waals surface area contributed by atoms with Gasteiger partial charge in [0.05, 0.1) is 5.69 Å². The maximum atomic E-state index is 4.49. The highest BCUT2D eigenvalue weighted by atomic mass is 15.1. The summed E-state index contributed by atoms with van der Waals surface area (Å²) in [7, 11) is 0. The van der Waals surface area contributed by atoms with Crippen LogP contribution in [0.3, 0.4) is 0 Å². The van der Waals surface area contributed by atoms with Gasteiger partial charge in [-0.3, -0.25) is 0 Å². The van der Waals surface area contributed by atoms with Gasteiger partial charge in [-0.2, -0.15) is 0 Å². The van der Waals surface area contributed by atoms with E-state index < -0.39 is 0 Å². The molecule has 0 fully saturated rings. The Morgan fingerprint density at radius 2 is 2.00 bits per heavy atom. The fourth-order valence-electron chi connectivity index (χ4n) is 1.78. The van der Waals surface area contributed by atoms with Crippen LogP contribution in [0.15, 0.2) is 6.20 Å². The molecule has 0 spiro atoms. The molecule has 0 amide bonds. The molecule has 80 valence electrons. The number of hydrogen-bond donors (Lipinski definition) is 0. The number of nitrogens with zero attached hydrogens (tertiary/aromatic N) is 2. The molecule has 14 heavy (non-hydrogen) atoms. The van der Waals surface area contributed by atoms with Crippen LogP contribution in [-0.2, 0) is 13.0 Å². The number of hydrogen-bond acceptors (Lipinski definition) is 1. The number of unbranched alkanes of at least 4 members (excludes halogenated alkanes) is 3. The molecule has 2 nitrogen and oxygen atoms in total. The van der Waals surface area contributed by atoms with Crippen LogP contribution in [0.4, 0.5) is 0 Å². The van der Waals surface area contributed by atoms with Gasteiger partial charge in [-0.15, -0.1) is 0 Å². The van der Waals surface area contributed by atoms with E-state index in [1.165, 1.54) is 31.5 Å². The van der Waals surface area contributed by atoms with Crippen molar-refractivity contribution < 1.29 is 0 Å². The predicted molar refractivity (Wildman–Crippen MR) is 60.5 cm³/mol. The summed E-state index contributed by atoms with van der Waals surface area (Å²) in [5.74, 6) is 1.24. The van der Waals surface area contributed by atoms with Crippen molar-refractivity contribution in [1.82, 2.24) is 9.55 Å². The van der Waals surface area contributed by atoms with Crippen molar-refractivity contribution >= 4 is 0 Å². The Hall–Kier alpha value is -0.790. The molecule has 1 aromatic rings. The summed E-state index contributed by atoms with van der Waals surface area (Å²) in [5.41, 5.74) is 1.15. The maximum absolute atomic E-state index is 4.49. The average molecular weight is 194 g/mol. The zero-order valence-corrected chi connectivity index (χ0v) is 9.71. The Kier molecular flexibility index (Phi) is 4.71. The van der Waals surface area contributed by atoms with Crippen LogP contribution in [0.1, 0.15) is 51.0 Å². The molecule has 0 unspecified atom stereocenters. The summed E-state index contributed by atoms with van der Waals surface area (Å²) in [6, 6.07) is 0. The van der Waals surface area contributed by atoms with Crippen LogP contribution in [0.25, 0.3) is 0 Å². The molecule has 0 bridgehead atoms. The third kappa shape index (κ3) is 3.17. The van der Waals surface area contributed by atoms with Crippen molar-refractivity contribution in [3.63, 3.8) is 0 Å². The summed E-state index contributed by atoms with van der Waals surface area (Å²) in [5, 5.41) is 0. The molecule has 0 aliphatic carbocycles. The Morgan fingerprint density at radius 1 is 1.21 bits per heavy atom. The molecule has 0 radical (unpaired) electrons. The lowest BCUT2D eigenvalue weighted by Gasteiger charge is -2.05. The Labute approximate surface area is 87.4 Å². The van der Waals surface area contributed by atoms with Gasteiger partial charge in [0.25, 0.3) is 0 Å². The van der Waals surface area contributed by atoms with Crippen LogP contribution in [0.5, 0.6) is 0 Å². The van der Waals surface area contributed by atoms with E-state index >= 15 is 0 Å². The summed E-state index contributed by atoms with van der Waals surface area (Å²) in [6.45, 7) is 7.63. The third-order valence-electron chi connectivity index (χ3n) is 2.55. The van der Waals surface area contributed by atoms with E-state index in [9.17, 15) is 0 Å². The number of aryl methyl sites for hydroxylation is 3. The third-order valence-corrected chi connectivity index (χ3v) is 2.55. The van der Waals surface area contributed by atoms with Crippen LogP contribution in [0, 0.1) is 6.92 Å². The lowest BCUT2D eigenvalue weighted by molar-refractivity contribution is 0.566. The minimum atomic E-state index is 1.04. The van der Waals surface area contributed by atoms with Gasteiger partial charge in [0.2, 0.25) is 0 Å². The van der Waals surface area contributed by atoms with Crippen molar-refractivity contribution in [2.75, 3.05) is 0 Å². The Balaban J connectivity index is 2.41. The largest absolute Gasteiger partial charge is 0.335 e. The summed E-state index contributed by atoms with van der Waals surface area (Å²) < 4.78 is 2.31. The first-order valence-electron chi connectivity index (χ1n) is 5.80. The van der Waals surface area contributed by atoms with Crippen LogP contribution >= 0.6 is 0 Å². The number of rotatable bonds is 6. The van der Waals surface area contributed by atoms with E-state index in [0.29, 0.717) is 0 Å². The van der Waals surface area contributed by atoms with E-state index in [0.717, 1.165) is 18.7 Å². The van der Waals surface area contributed by atoms with E-state index in [2.05, 4.69) is 36.5 Å². The van der Waals surface area contributed by atoms with Gasteiger partial charge in [-0.05, 0) is 13.3 Å². The van der Waals surface area contributed by atoms with E-state index in [4.69, 9.17) is 0 Å². The maximum Gasteiger partial charge on any atom is 0.108 e. The number of imidazole rings is 1. The average Bonchev–Trinajstić information content (AvgIpc) is 2.54. The normalized spacial score (nSPS) is 10.8. The van der Waals surface area contributed by atoms with Crippen molar-refractivity contribution in [3.05, 3.63) is 17.7 Å². The quantitative estimate of drug-likeness (QED) is 0.635. The SMILES string of the molecule is CCCCCCn1cc(C)nc1CC. The molecule has 1 aromatic heterocycles. The second-order valence-corrected chi connectivity index (χ2v) is 3.91. The van der Waals surface area contributed by atoms with Gasteiger partial charge < -0.3 is 4.57 Å². The first-order chi connectivity index (χ1) is 6.77. The summed E-state index contributed by atoms with van der Waals surface area (Å²) in [4.78, 5) is 4.49. The second-order valence-electron chi connectivity index (χ2n) is 3.91. The minimum absolute atomic E-state index is 1.04. The first-order valence-corrected chi connectivity index (χ1v) is 5.80. The summed E-state index contributed by atoms with van der Waals surface area (Å²) >= 11 is 0. The standard InChI is InChI=1S/C12H22N2/c1-4-6-7-8-9-14-10-11(3)13-12(14)5-2/h10H,4-9H2,1-3H3. The van der Waals surface area contributed by atoms with Crippen LogP contribution in [0.2, 0.25) is 0 Å². The van der Waals surface area contributed by atoms with Gasteiger partial charge in [-0.25, -0.2) is 4.98 Å². The second kappa shape index (κ2) is 5.84. The van der Waals surface area contributed by atoms with Crippen LogP contribution < -0.4 is 0 Å². The lowest BCUT2D eigenvalue weighted by Crippen LogP contribution is -2.01. The minimum Gasteiger partial charge on any atom is -0.335 e. The smallest absolute Gasteiger partial charge is 0.108 e. The molecule has 1 rings (SSSR count). The molecule has 0 saturated heterocycles. The fraction of sp³-hybridized carbons (Fsp3) is 0.750. The molecular weight excluding hydrogens is 172 g/mol. The lowest BCUT2D eigenvalue weighted by atomic mass is 10.2. The van der Waals surface area contributed by atoms with Gasteiger partial charge >= 0.3 is 0 Å². The molecule has 0 saturated carbocycles. The Morgan fingerprint density at radius 3 is 2.64 bits per heavy atom. The highest BCUT2D eigenvalue weighted by Gasteiger charge is 2.02. The fourth-order valence-corrected chi connectivity index (χ4v) is 1.78. The van der Waals surface area contributed by atoms with Crippen molar-refractivity contribution in [2.45, 2.75) is 59.4 Å². The molecule has 0 atom stereocenters. The van der Waals surface area contributed by atoms with E-state index in [-0.39, 0.29) is 0 Å². The molecule has 1 heterocycles. The molecule has 2 heteroatoms. The molecular formula is C12H22N2. The van der Waals surface area contributed by atoms with Gasteiger partial charge in [0.1, 0.15) is 5.82 Å². The summed E-state index contributed by atoms with van der Waals surface area (Å²) in [6.07, 6.45) is 8.51. The van der Waals surface area contributed by atoms with Gasteiger partial charge in [0.15, 0.2) is 0 Å². The van der Waals surface area contributed by atoms with Crippen molar-refractivity contribution in [2.24, 2.45) is 0 Å². The zero-order valence-electron chi connectivity index (χ0n) is 9.71. The number of aromatic nitrogens is 2. The van der Waals surface area contributed by atoms with Gasteiger partial charge in [0, 0.05) is 19.2 Å². The monoisotopic (exact) mass is 194 g/mol. The van der Waals surface area contributed by atoms with Crippen molar-refractivity contribution in [1.29, 1.82) is 0 Å².